The van der Waals surface area contributed by atoms with Crippen molar-refractivity contribution in [1.29, 1.82) is 0 Å². The zero-order chi connectivity index (χ0) is 11.4. The highest BCUT2D eigenvalue weighted by Gasteiger charge is 2.27. The summed E-state index contributed by atoms with van der Waals surface area (Å²) in [5.74, 6) is 2.92. The van der Waals surface area contributed by atoms with Gasteiger partial charge in [-0.2, -0.15) is 0 Å². The number of anilines is 1. The Hall–Kier alpha value is -1.05. The molecule has 0 amide bonds. The minimum Gasteiger partial charge on any atom is -0.356 e. The zero-order valence-corrected chi connectivity index (χ0v) is 10.4. The molecule has 2 nitrogen and oxygen atoms in total. The normalized spacial score (nSPS) is 20.7. The first-order chi connectivity index (χ1) is 7.85. The Labute approximate surface area is 98.7 Å². The van der Waals surface area contributed by atoms with Gasteiger partial charge in [0.2, 0.25) is 0 Å². The molecule has 0 aliphatic carbocycles. The van der Waals surface area contributed by atoms with E-state index < -0.39 is 0 Å². The molecule has 16 heavy (non-hydrogen) atoms. The summed E-state index contributed by atoms with van der Waals surface area (Å²) in [7, 11) is 0. The van der Waals surface area contributed by atoms with Crippen molar-refractivity contribution in [3.8, 4) is 0 Å². The molecule has 2 heteroatoms. The summed E-state index contributed by atoms with van der Waals surface area (Å²) in [4.78, 5) is 6.87. The van der Waals surface area contributed by atoms with Gasteiger partial charge in [0.25, 0.3) is 0 Å². The van der Waals surface area contributed by atoms with E-state index in [0.29, 0.717) is 0 Å². The summed E-state index contributed by atoms with van der Waals surface area (Å²) in [6.07, 6.45) is 5.86. The van der Waals surface area contributed by atoms with Crippen LogP contribution < -0.4 is 4.90 Å². The lowest BCUT2D eigenvalue weighted by Crippen LogP contribution is -2.23. The third kappa shape index (κ3) is 2.37. The smallest absolute Gasteiger partial charge is 0.128 e. The van der Waals surface area contributed by atoms with Gasteiger partial charge in [-0.25, -0.2) is 4.98 Å². The second-order valence-electron chi connectivity index (χ2n) is 4.76. The largest absolute Gasteiger partial charge is 0.356 e. The summed E-state index contributed by atoms with van der Waals surface area (Å²) in [5, 5.41) is 0. The molecule has 1 aliphatic rings. The molecule has 2 heterocycles. The van der Waals surface area contributed by atoms with Crippen LogP contribution in [0.4, 0.5) is 5.82 Å². The van der Waals surface area contributed by atoms with Crippen molar-refractivity contribution in [2.75, 3.05) is 18.0 Å². The first-order valence-electron chi connectivity index (χ1n) is 6.51. The average Bonchev–Trinajstić information content (AvgIpc) is 2.81. The van der Waals surface area contributed by atoms with Gasteiger partial charge in [0.05, 0.1) is 0 Å². The summed E-state index contributed by atoms with van der Waals surface area (Å²) < 4.78 is 0. The van der Waals surface area contributed by atoms with Crippen molar-refractivity contribution < 1.29 is 0 Å². The van der Waals surface area contributed by atoms with Crippen LogP contribution in [0.25, 0.3) is 0 Å². The Morgan fingerprint density at radius 3 is 2.81 bits per heavy atom. The fourth-order valence-corrected chi connectivity index (χ4v) is 2.88. The van der Waals surface area contributed by atoms with E-state index in [2.05, 4.69) is 35.9 Å². The number of nitrogens with zero attached hydrogens (tertiary/aromatic N) is 2. The van der Waals surface area contributed by atoms with Crippen LogP contribution in [0.3, 0.4) is 0 Å². The molecule has 1 aliphatic heterocycles. The Morgan fingerprint density at radius 1 is 1.38 bits per heavy atom. The van der Waals surface area contributed by atoms with E-state index in [1.807, 2.05) is 12.3 Å². The van der Waals surface area contributed by atoms with Crippen LogP contribution in [0.2, 0.25) is 0 Å². The van der Waals surface area contributed by atoms with Crippen molar-refractivity contribution in [3.63, 3.8) is 0 Å². The molecule has 1 aromatic heterocycles. The van der Waals surface area contributed by atoms with Gasteiger partial charge in [-0.1, -0.05) is 32.8 Å². The van der Waals surface area contributed by atoms with Gasteiger partial charge >= 0.3 is 0 Å². The van der Waals surface area contributed by atoms with Crippen molar-refractivity contribution >= 4 is 5.82 Å². The maximum absolute atomic E-state index is 4.43. The molecular formula is C14H22N2. The highest BCUT2D eigenvalue weighted by molar-refractivity contribution is 5.38. The molecule has 1 aromatic rings. The Bertz CT molecular complexity index is 306. The molecule has 0 radical (unpaired) electrons. The van der Waals surface area contributed by atoms with E-state index >= 15 is 0 Å². The molecule has 0 spiro atoms. The maximum atomic E-state index is 4.43. The Balaban J connectivity index is 1.98. The van der Waals surface area contributed by atoms with Gasteiger partial charge in [0, 0.05) is 19.3 Å². The first kappa shape index (κ1) is 11.4. The highest BCUT2D eigenvalue weighted by Crippen LogP contribution is 2.30. The number of pyridine rings is 1. The van der Waals surface area contributed by atoms with Crippen LogP contribution in [0.1, 0.15) is 33.1 Å². The summed E-state index contributed by atoms with van der Waals surface area (Å²) in [6.45, 7) is 7.01. The van der Waals surface area contributed by atoms with E-state index in [4.69, 9.17) is 0 Å². The Morgan fingerprint density at radius 2 is 2.19 bits per heavy atom. The lowest BCUT2D eigenvalue weighted by atomic mass is 9.87. The van der Waals surface area contributed by atoms with Gasteiger partial charge in [0.1, 0.15) is 5.82 Å². The average molecular weight is 218 g/mol. The maximum Gasteiger partial charge on any atom is 0.128 e. The van der Waals surface area contributed by atoms with Gasteiger partial charge in [-0.3, -0.25) is 0 Å². The number of aromatic nitrogens is 1. The van der Waals surface area contributed by atoms with E-state index in [-0.39, 0.29) is 0 Å². The van der Waals surface area contributed by atoms with Crippen LogP contribution in [0, 0.1) is 11.8 Å². The summed E-state index contributed by atoms with van der Waals surface area (Å²) in [5.41, 5.74) is 0. The number of hydrogen-bond donors (Lipinski definition) is 0. The van der Waals surface area contributed by atoms with Crippen LogP contribution in [0.15, 0.2) is 24.4 Å². The summed E-state index contributed by atoms with van der Waals surface area (Å²) in [6, 6.07) is 6.18. The minimum absolute atomic E-state index is 0.872. The molecule has 1 unspecified atom stereocenters. The number of hydrogen-bond acceptors (Lipinski definition) is 2. The third-order valence-corrected chi connectivity index (χ3v) is 3.91. The summed E-state index contributed by atoms with van der Waals surface area (Å²) >= 11 is 0. The fraction of sp³-hybridized carbons (Fsp3) is 0.643. The molecule has 0 N–H and O–H groups in total. The molecule has 1 atom stereocenters. The highest BCUT2D eigenvalue weighted by atomic mass is 15.2. The zero-order valence-electron chi connectivity index (χ0n) is 10.4. The van der Waals surface area contributed by atoms with E-state index in [0.717, 1.165) is 17.7 Å². The van der Waals surface area contributed by atoms with E-state index in [1.54, 1.807) is 0 Å². The second kappa shape index (κ2) is 5.33. The second-order valence-corrected chi connectivity index (χ2v) is 4.76. The van der Waals surface area contributed by atoms with E-state index in [1.165, 1.54) is 32.4 Å². The number of rotatable bonds is 4. The predicted molar refractivity (Wildman–Crippen MR) is 68.6 cm³/mol. The lowest BCUT2D eigenvalue weighted by Gasteiger charge is -2.22. The van der Waals surface area contributed by atoms with Crippen molar-refractivity contribution in [2.45, 2.75) is 33.1 Å². The quantitative estimate of drug-likeness (QED) is 0.770. The van der Waals surface area contributed by atoms with Gasteiger partial charge in [-0.15, -0.1) is 0 Å². The van der Waals surface area contributed by atoms with Crippen molar-refractivity contribution in [1.82, 2.24) is 4.98 Å². The molecule has 0 saturated carbocycles. The predicted octanol–water partition coefficient (Wildman–Crippen LogP) is 3.34. The van der Waals surface area contributed by atoms with Crippen LogP contribution in [0.5, 0.6) is 0 Å². The van der Waals surface area contributed by atoms with Gasteiger partial charge < -0.3 is 4.90 Å². The molecule has 2 rings (SSSR count). The third-order valence-electron chi connectivity index (χ3n) is 3.91. The van der Waals surface area contributed by atoms with Crippen LogP contribution >= 0.6 is 0 Å². The van der Waals surface area contributed by atoms with Gasteiger partial charge in [0.15, 0.2) is 0 Å². The molecule has 1 saturated heterocycles. The molecular weight excluding hydrogens is 196 g/mol. The van der Waals surface area contributed by atoms with Crippen LogP contribution in [-0.4, -0.2) is 18.1 Å². The van der Waals surface area contributed by atoms with Gasteiger partial charge in [-0.05, 0) is 30.4 Å². The van der Waals surface area contributed by atoms with Crippen molar-refractivity contribution in [2.24, 2.45) is 11.8 Å². The van der Waals surface area contributed by atoms with E-state index in [9.17, 15) is 0 Å². The standard InChI is InChI=1S/C14H22N2/c1-3-12(4-2)13-8-10-16(11-13)14-7-5-6-9-15-14/h5-7,9,12-13H,3-4,8,10-11H2,1-2H3. The molecule has 0 aromatic carbocycles. The molecule has 1 fully saturated rings. The minimum atomic E-state index is 0.872. The molecule has 88 valence electrons. The van der Waals surface area contributed by atoms with Crippen LogP contribution in [-0.2, 0) is 0 Å². The Kier molecular flexibility index (Phi) is 3.81. The first-order valence-corrected chi connectivity index (χ1v) is 6.51. The lowest BCUT2D eigenvalue weighted by molar-refractivity contribution is 0.339. The fourth-order valence-electron chi connectivity index (χ4n) is 2.88. The molecule has 0 bridgehead atoms. The monoisotopic (exact) mass is 218 g/mol. The SMILES string of the molecule is CCC(CC)C1CCN(c2ccccn2)C1. The topological polar surface area (TPSA) is 16.1 Å². The van der Waals surface area contributed by atoms with Crippen molar-refractivity contribution in [3.05, 3.63) is 24.4 Å².